The summed E-state index contributed by atoms with van der Waals surface area (Å²) in [5, 5.41) is 41.5. The van der Waals surface area contributed by atoms with Gasteiger partial charge >= 0.3 is 0 Å². The second-order valence-electron chi connectivity index (χ2n) is 9.85. The van der Waals surface area contributed by atoms with Gasteiger partial charge in [0.25, 0.3) is 12.2 Å². The Labute approximate surface area is 292 Å². The van der Waals surface area contributed by atoms with Crippen LogP contribution < -0.4 is 16.0 Å². The Bertz CT molecular complexity index is 1440. The number of aliphatic imine (C=N–C) groups is 1. The minimum absolute atomic E-state index is 0.182. The van der Waals surface area contributed by atoms with Crippen LogP contribution in [0.4, 0.5) is 0 Å². The molecular formula is C28H38Cl2N12O5S. The Balaban J connectivity index is 0.000000252. The maximum absolute atomic E-state index is 10.5. The fraction of sp³-hybridized carbons (Fsp3) is 0.464. The smallest absolute Gasteiger partial charge is 0.274 e. The van der Waals surface area contributed by atoms with E-state index < -0.39 is 9.96 Å². The molecule has 260 valence electrons. The zero-order chi connectivity index (χ0) is 35.3. The van der Waals surface area contributed by atoms with Gasteiger partial charge in [-0.3, -0.25) is 10.1 Å². The minimum atomic E-state index is -0.732. The summed E-state index contributed by atoms with van der Waals surface area (Å²) in [6, 6.07) is 7.24. The normalized spacial score (nSPS) is 16.5. The molecule has 4 rings (SSSR count). The average Bonchev–Trinajstić information content (AvgIpc) is 3.76. The van der Waals surface area contributed by atoms with Crippen molar-refractivity contribution < 1.29 is 14.7 Å². The summed E-state index contributed by atoms with van der Waals surface area (Å²) >= 11 is 13.0. The van der Waals surface area contributed by atoms with Gasteiger partial charge in [-0.05, 0) is 36.6 Å². The fourth-order valence-corrected chi connectivity index (χ4v) is 5.34. The van der Waals surface area contributed by atoms with Crippen LogP contribution in [0.1, 0.15) is 24.5 Å². The maximum atomic E-state index is 10.5. The van der Waals surface area contributed by atoms with E-state index >= 15 is 0 Å². The molecule has 1 unspecified atom stereocenters. The molecule has 0 saturated carbocycles. The molecule has 0 bridgehead atoms. The van der Waals surface area contributed by atoms with E-state index in [1.807, 2.05) is 30.1 Å². The van der Waals surface area contributed by atoms with E-state index in [1.54, 1.807) is 50.4 Å². The number of nitrogens with one attached hydrogen (secondary N) is 3. The lowest BCUT2D eigenvalue weighted by Crippen LogP contribution is -2.38. The van der Waals surface area contributed by atoms with E-state index in [0.717, 1.165) is 54.4 Å². The van der Waals surface area contributed by atoms with Crippen LogP contribution in [-0.4, -0.2) is 93.5 Å². The molecule has 3 N–H and O–H groups in total. The van der Waals surface area contributed by atoms with Crippen LogP contribution in [0, 0.1) is 37.6 Å². The number of nitro groups is 2. The van der Waals surface area contributed by atoms with E-state index in [0.29, 0.717) is 48.3 Å². The van der Waals surface area contributed by atoms with Gasteiger partial charge in [-0.25, -0.2) is 20.1 Å². The van der Waals surface area contributed by atoms with Gasteiger partial charge in [0.05, 0.1) is 11.5 Å². The van der Waals surface area contributed by atoms with Crippen LogP contribution in [-0.2, 0) is 17.8 Å². The SMILES string of the molecule is CCN(Cc1ccc(Cl)nc1)/C(=C/[N+](=O)[O-])NC.CN/C(=N/[N+](=O)[O-])NCC1CCOC1.N#C/N=C1\SCCN1Cc1ccc(Cl)nc1. The van der Waals surface area contributed by atoms with E-state index in [2.05, 4.69) is 40.9 Å². The molecule has 0 amide bonds. The van der Waals surface area contributed by atoms with E-state index in [1.165, 1.54) is 0 Å². The van der Waals surface area contributed by atoms with Crippen molar-refractivity contribution in [2.75, 3.05) is 52.7 Å². The van der Waals surface area contributed by atoms with E-state index in [9.17, 15) is 20.2 Å². The van der Waals surface area contributed by atoms with Crippen LogP contribution in [0.2, 0.25) is 10.3 Å². The third-order valence-electron chi connectivity index (χ3n) is 6.54. The summed E-state index contributed by atoms with van der Waals surface area (Å²) in [5.74, 6) is 2.03. The number of hydrogen-bond donors (Lipinski definition) is 3. The third-order valence-corrected chi connectivity index (χ3v) is 7.98. The molecule has 2 aromatic rings. The Morgan fingerprint density at radius 2 is 1.88 bits per heavy atom. The van der Waals surface area contributed by atoms with Gasteiger partial charge in [-0.2, -0.15) is 5.26 Å². The van der Waals surface area contributed by atoms with Gasteiger partial charge in [0.2, 0.25) is 6.19 Å². The number of ether oxygens (including phenoxy) is 1. The zero-order valence-electron chi connectivity index (χ0n) is 26.7. The van der Waals surface area contributed by atoms with E-state index in [4.69, 9.17) is 33.2 Å². The first-order valence-electron chi connectivity index (χ1n) is 14.6. The van der Waals surface area contributed by atoms with Gasteiger partial charge in [-0.15, -0.1) is 4.99 Å². The number of hydrazone groups is 1. The highest BCUT2D eigenvalue weighted by molar-refractivity contribution is 8.14. The predicted molar refractivity (Wildman–Crippen MR) is 185 cm³/mol. The molecule has 1 atom stereocenters. The van der Waals surface area contributed by atoms with Crippen LogP contribution in [0.3, 0.4) is 0 Å². The fourth-order valence-electron chi connectivity index (χ4n) is 4.18. The number of nitrogens with zero attached hydrogens (tertiary/aromatic N) is 9. The number of halogens is 2. The number of amidine groups is 1. The van der Waals surface area contributed by atoms with Gasteiger partial charge in [0.1, 0.15) is 15.4 Å². The quantitative estimate of drug-likeness (QED) is 0.0758. The topological polar surface area (TPSA) is 212 Å². The molecule has 0 spiro atoms. The molecule has 0 aliphatic carbocycles. The van der Waals surface area contributed by atoms with Gasteiger partial charge in [0.15, 0.2) is 16.0 Å². The second-order valence-corrected chi connectivity index (χ2v) is 11.7. The van der Waals surface area contributed by atoms with Crippen LogP contribution in [0.25, 0.3) is 0 Å². The van der Waals surface area contributed by atoms with Crippen LogP contribution in [0.15, 0.2) is 58.8 Å². The first-order valence-corrected chi connectivity index (χ1v) is 16.4. The van der Waals surface area contributed by atoms with Gasteiger partial charge in [-0.1, -0.05) is 47.1 Å². The highest BCUT2D eigenvalue weighted by Gasteiger charge is 2.19. The molecule has 2 aliphatic rings. The molecule has 2 saturated heterocycles. The predicted octanol–water partition coefficient (Wildman–Crippen LogP) is 3.35. The Kier molecular flexibility index (Phi) is 18.4. The number of rotatable bonds is 11. The molecule has 0 radical (unpaired) electrons. The average molecular weight is 726 g/mol. The lowest BCUT2D eigenvalue weighted by molar-refractivity contribution is -0.485. The summed E-state index contributed by atoms with van der Waals surface area (Å²) in [6.45, 7) is 6.86. The Morgan fingerprint density at radius 1 is 1.19 bits per heavy atom. The standard InChI is InChI=1S/C11H15ClN4O2.C10H9ClN4S.C7H14N4O3/c1-3-15(11(13-2)8-16(17)18)7-9-4-5-10(12)14-6-9;11-9-2-1-8(5-13-9)6-15-3-4-16-10(15)14-7-12;1-8-7(10-11(12)13)9-4-6-2-3-14-5-6/h4-6,8,13H,3,7H2,1-2H3;1-2,5H,3-4,6H2;6H,2-5H2,1H3,(H2,8,9,10)/b11-8+;14-10-;. The number of aromatic nitrogens is 2. The van der Waals surface area contributed by atoms with Gasteiger partial charge < -0.3 is 30.5 Å². The molecular weight excluding hydrogens is 687 g/mol. The van der Waals surface area contributed by atoms with Crippen molar-refractivity contribution >= 4 is 46.1 Å². The van der Waals surface area contributed by atoms with Crippen LogP contribution in [0.5, 0.6) is 0 Å². The van der Waals surface area contributed by atoms with Crippen LogP contribution >= 0.6 is 35.0 Å². The number of guanidine groups is 1. The summed E-state index contributed by atoms with van der Waals surface area (Å²) in [4.78, 5) is 35.8. The number of pyridine rings is 2. The summed E-state index contributed by atoms with van der Waals surface area (Å²) in [5.41, 5.74) is 2.00. The zero-order valence-corrected chi connectivity index (χ0v) is 29.0. The van der Waals surface area contributed by atoms with Crippen molar-refractivity contribution in [2.24, 2.45) is 16.0 Å². The van der Waals surface area contributed by atoms with Gasteiger partial charge in [0, 0.05) is 77.5 Å². The molecule has 2 fully saturated rings. The molecule has 17 nitrogen and oxygen atoms in total. The van der Waals surface area contributed by atoms with Crippen molar-refractivity contribution in [3.05, 3.63) is 90.3 Å². The first-order chi connectivity index (χ1) is 23.1. The summed E-state index contributed by atoms with van der Waals surface area (Å²) < 4.78 is 5.17. The third kappa shape index (κ3) is 15.4. The highest BCUT2D eigenvalue weighted by atomic mass is 35.5. The molecule has 0 aromatic carbocycles. The molecule has 48 heavy (non-hydrogen) atoms. The van der Waals surface area contributed by atoms with E-state index in [-0.39, 0.29) is 5.96 Å². The maximum Gasteiger partial charge on any atom is 0.274 e. The van der Waals surface area contributed by atoms with Crippen molar-refractivity contribution in [2.45, 2.75) is 26.4 Å². The first kappa shape index (κ1) is 39.7. The molecule has 4 heterocycles. The Hall–Kier alpha value is -4.44. The summed E-state index contributed by atoms with van der Waals surface area (Å²) in [7, 11) is 3.23. The number of hydrogen-bond acceptors (Lipinski definition) is 12. The Morgan fingerprint density at radius 3 is 2.38 bits per heavy atom. The van der Waals surface area contributed by atoms with Crippen molar-refractivity contribution in [3.63, 3.8) is 0 Å². The molecule has 20 heteroatoms. The monoisotopic (exact) mass is 724 g/mol. The highest BCUT2D eigenvalue weighted by Crippen LogP contribution is 2.20. The lowest BCUT2D eigenvalue weighted by Gasteiger charge is -2.23. The van der Waals surface area contributed by atoms with Crippen molar-refractivity contribution in [3.8, 4) is 6.19 Å². The largest absolute Gasteiger partial charge is 0.381 e. The second kappa shape index (κ2) is 22.2. The number of thioether (sulfide) groups is 1. The summed E-state index contributed by atoms with van der Waals surface area (Å²) in [6.07, 6.45) is 7.17. The lowest BCUT2D eigenvalue weighted by atomic mass is 10.1. The van der Waals surface area contributed by atoms with Crippen molar-refractivity contribution in [1.82, 2.24) is 35.7 Å². The minimum Gasteiger partial charge on any atom is -0.381 e. The van der Waals surface area contributed by atoms with Crippen molar-refractivity contribution in [1.29, 1.82) is 5.26 Å². The number of nitriles is 1. The molecule has 2 aliphatic heterocycles. The molecule has 2 aromatic heterocycles.